The zero-order valence-corrected chi connectivity index (χ0v) is 14.8. The lowest BCUT2D eigenvalue weighted by Gasteiger charge is -2.30. The first kappa shape index (κ1) is 22.3. The van der Waals surface area contributed by atoms with Gasteiger partial charge in [0.2, 0.25) is 0 Å². The summed E-state index contributed by atoms with van der Waals surface area (Å²) in [5, 5.41) is 2.93. The third-order valence-electron chi connectivity index (χ3n) is 3.13. The summed E-state index contributed by atoms with van der Waals surface area (Å²) < 4.78 is 0. The smallest absolute Gasteiger partial charge is 0.251 e. The molecule has 122 valence electrons. The molecule has 21 heavy (non-hydrogen) atoms. The molecule has 0 bridgehead atoms. The molecule has 0 atom stereocenters. The Morgan fingerprint density at radius 1 is 1.19 bits per heavy atom. The third kappa shape index (κ3) is 7.55. The molecular formula is C15H27Cl2N3O. The van der Waals surface area contributed by atoms with Gasteiger partial charge in [-0.3, -0.25) is 9.69 Å². The van der Waals surface area contributed by atoms with Gasteiger partial charge in [0.25, 0.3) is 5.91 Å². The summed E-state index contributed by atoms with van der Waals surface area (Å²) in [6, 6.07) is 7.98. The Kier molecular flexibility index (Phi) is 11.4. The van der Waals surface area contributed by atoms with Gasteiger partial charge in [-0.1, -0.05) is 6.07 Å². The van der Waals surface area contributed by atoms with Gasteiger partial charge in [-0.2, -0.15) is 0 Å². The Balaban J connectivity index is 0. The van der Waals surface area contributed by atoms with Crippen LogP contribution in [0.2, 0.25) is 0 Å². The lowest BCUT2D eigenvalue weighted by molar-refractivity contribution is 0.0939. The number of hydrogen-bond acceptors (Lipinski definition) is 3. The van der Waals surface area contributed by atoms with Gasteiger partial charge in [-0.25, -0.2) is 0 Å². The van der Waals surface area contributed by atoms with E-state index in [1.165, 1.54) is 0 Å². The summed E-state index contributed by atoms with van der Waals surface area (Å²) in [7, 11) is 0. The highest BCUT2D eigenvalue weighted by Crippen LogP contribution is 2.06. The standard InChI is InChI=1S/C15H25N3O.2ClH/c1-11(2)18(12(3)4)9-8-17-15(19)13-6-5-7-14(16)10-13;;/h5-7,10-12H,8-9,16H2,1-4H3,(H,17,19);2*1H. The van der Waals surface area contributed by atoms with Crippen LogP contribution in [0, 0.1) is 0 Å². The molecule has 0 aliphatic rings. The van der Waals surface area contributed by atoms with E-state index in [-0.39, 0.29) is 30.7 Å². The van der Waals surface area contributed by atoms with E-state index in [9.17, 15) is 4.79 Å². The maximum atomic E-state index is 11.9. The molecule has 1 rings (SSSR count). The molecule has 0 aliphatic carbocycles. The van der Waals surface area contributed by atoms with Crippen molar-refractivity contribution in [1.82, 2.24) is 10.2 Å². The molecule has 0 radical (unpaired) electrons. The molecule has 0 unspecified atom stereocenters. The monoisotopic (exact) mass is 335 g/mol. The molecule has 0 heterocycles. The number of rotatable bonds is 6. The van der Waals surface area contributed by atoms with Gasteiger partial charge in [0.1, 0.15) is 0 Å². The third-order valence-corrected chi connectivity index (χ3v) is 3.13. The zero-order chi connectivity index (χ0) is 14.4. The van der Waals surface area contributed by atoms with Gasteiger partial charge in [0.05, 0.1) is 0 Å². The van der Waals surface area contributed by atoms with Crippen LogP contribution in [-0.4, -0.2) is 36.0 Å². The van der Waals surface area contributed by atoms with Crippen molar-refractivity contribution >= 4 is 36.4 Å². The fraction of sp³-hybridized carbons (Fsp3) is 0.533. The Morgan fingerprint density at radius 3 is 2.24 bits per heavy atom. The number of anilines is 1. The van der Waals surface area contributed by atoms with E-state index in [1.54, 1.807) is 24.3 Å². The molecule has 4 nitrogen and oxygen atoms in total. The van der Waals surface area contributed by atoms with Crippen LogP contribution in [0.25, 0.3) is 0 Å². The molecule has 1 aromatic carbocycles. The Bertz CT molecular complexity index is 417. The number of carbonyl (C=O) groups is 1. The number of halogens is 2. The molecular weight excluding hydrogens is 309 g/mol. The van der Waals surface area contributed by atoms with Crippen molar-refractivity contribution in [2.24, 2.45) is 0 Å². The first-order valence-electron chi connectivity index (χ1n) is 6.81. The maximum absolute atomic E-state index is 11.9. The van der Waals surface area contributed by atoms with Crippen molar-refractivity contribution in [1.29, 1.82) is 0 Å². The molecule has 0 aliphatic heterocycles. The number of nitrogens with two attached hydrogens (primary N) is 1. The molecule has 0 fully saturated rings. The number of nitrogens with zero attached hydrogens (tertiary/aromatic N) is 1. The van der Waals surface area contributed by atoms with Crippen molar-refractivity contribution in [3.8, 4) is 0 Å². The second kappa shape index (κ2) is 10.7. The minimum absolute atomic E-state index is 0. The predicted octanol–water partition coefficient (Wildman–Crippen LogP) is 2.96. The van der Waals surface area contributed by atoms with Crippen LogP contribution >= 0.6 is 24.8 Å². The quantitative estimate of drug-likeness (QED) is 0.785. The van der Waals surface area contributed by atoms with E-state index in [2.05, 4.69) is 37.9 Å². The van der Waals surface area contributed by atoms with Gasteiger partial charge >= 0.3 is 0 Å². The molecule has 0 saturated heterocycles. The minimum Gasteiger partial charge on any atom is -0.399 e. The second-order valence-electron chi connectivity index (χ2n) is 5.31. The van der Waals surface area contributed by atoms with Crippen molar-refractivity contribution in [3.05, 3.63) is 29.8 Å². The Labute approximate surface area is 140 Å². The topological polar surface area (TPSA) is 58.4 Å². The van der Waals surface area contributed by atoms with Crippen molar-refractivity contribution in [2.75, 3.05) is 18.8 Å². The largest absolute Gasteiger partial charge is 0.399 e. The number of nitrogens with one attached hydrogen (secondary N) is 1. The van der Waals surface area contributed by atoms with E-state index >= 15 is 0 Å². The zero-order valence-electron chi connectivity index (χ0n) is 13.1. The van der Waals surface area contributed by atoms with Crippen molar-refractivity contribution in [3.63, 3.8) is 0 Å². The Hall–Kier alpha value is -0.970. The second-order valence-corrected chi connectivity index (χ2v) is 5.31. The van der Waals surface area contributed by atoms with E-state index in [0.29, 0.717) is 29.9 Å². The molecule has 6 heteroatoms. The van der Waals surface area contributed by atoms with Crippen LogP contribution in [0.5, 0.6) is 0 Å². The summed E-state index contributed by atoms with van der Waals surface area (Å²) in [5.41, 5.74) is 6.89. The van der Waals surface area contributed by atoms with Crippen molar-refractivity contribution < 1.29 is 4.79 Å². The molecule has 3 N–H and O–H groups in total. The van der Waals surface area contributed by atoms with E-state index in [4.69, 9.17) is 5.73 Å². The van der Waals surface area contributed by atoms with Crippen LogP contribution in [0.3, 0.4) is 0 Å². The average molecular weight is 336 g/mol. The normalized spacial score (nSPS) is 10.2. The number of carbonyl (C=O) groups excluding carboxylic acids is 1. The highest BCUT2D eigenvalue weighted by molar-refractivity contribution is 5.94. The van der Waals surface area contributed by atoms with Gasteiger partial charge in [0.15, 0.2) is 0 Å². The summed E-state index contributed by atoms with van der Waals surface area (Å²) in [4.78, 5) is 14.3. The van der Waals surface area contributed by atoms with Crippen LogP contribution in [0.4, 0.5) is 5.69 Å². The van der Waals surface area contributed by atoms with E-state index in [0.717, 1.165) is 6.54 Å². The molecule has 0 saturated carbocycles. The summed E-state index contributed by atoms with van der Waals surface area (Å²) >= 11 is 0. The van der Waals surface area contributed by atoms with Crippen LogP contribution < -0.4 is 11.1 Å². The van der Waals surface area contributed by atoms with Gasteiger partial charge < -0.3 is 11.1 Å². The number of nitrogen functional groups attached to an aromatic ring is 1. The lowest BCUT2D eigenvalue weighted by atomic mass is 10.2. The summed E-state index contributed by atoms with van der Waals surface area (Å²) in [6.45, 7) is 10.2. The van der Waals surface area contributed by atoms with Gasteiger partial charge in [-0.15, -0.1) is 24.8 Å². The first-order chi connectivity index (χ1) is 8.91. The minimum atomic E-state index is -0.0697. The molecule has 1 amide bonds. The summed E-state index contributed by atoms with van der Waals surface area (Å²) in [5.74, 6) is -0.0697. The number of hydrogen-bond donors (Lipinski definition) is 2. The van der Waals surface area contributed by atoms with E-state index in [1.807, 2.05) is 0 Å². The van der Waals surface area contributed by atoms with Crippen LogP contribution in [0.15, 0.2) is 24.3 Å². The SMILES string of the molecule is CC(C)N(CCNC(=O)c1cccc(N)c1)C(C)C.Cl.Cl. The first-order valence-corrected chi connectivity index (χ1v) is 6.81. The van der Waals surface area contributed by atoms with Gasteiger partial charge in [-0.05, 0) is 45.9 Å². The maximum Gasteiger partial charge on any atom is 0.251 e. The molecule has 0 spiro atoms. The molecule has 1 aromatic rings. The van der Waals surface area contributed by atoms with E-state index < -0.39 is 0 Å². The molecule has 0 aromatic heterocycles. The average Bonchev–Trinajstić information content (AvgIpc) is 2.33. The number of benzene rings is 1. The highest BCUT2D eigenvalue weighted by atomic mass is 35.5. The Morgan fingerprint density at radius 2 is 1.76 bits per heavy atom. The van der Waals surface area contributed by atoms with Crippen LogP contribution in [0.1, 0.15) is 38.1 Å². The summed E-state index contributed by atoms with van der Waals surface area (Å²) in [6.07, 6.45) is 0. The fourth-order valence-electron chi connectivity index (χ4n) is 2.19. The predicted molar refractivity (Wildman–Crippen MR) is 94.7 cm³/mol. The highest BCUT2D eigenvalue weighted by Gasteiger charge is 2.13. The lowest BCUT2D eigenvalue weighted by Crippen LogP contribution is -2.42. The van der Waals surface area contributed by atoms with Crippen molar-refractivity contribution in [2.45, 2.75) is 39.8 Å². The van der Waals surface area contributed by atoms with Gasteiger partial charge in [0, 0.05) is 36.4 Å². The fourth-order valence-corrected chi connectivity index (χ4v) is 2.19. The number of amides is 1. The van der Waals surface area contributed by atoms with Crippen LogP contribution in [-0.2, 0) is 0 Å².